The zero-order valence-electron chi connectivity index (χ0n) is 19.3. The Hall–Kier alpha value is -3.31. The van der Waals surface area contributed by atoms with Gasteiger partial charge in [0.1, 0.15) is 20.9 Å². The number of ether oxygens (including phenoxy) is 1. The molecular weight excluding hydrogens is 555 g/mol. The third kappa shape index (κ3) is 5.83. The van der Waals surface area contributed by atoms with Gasteiger partial charge in [0, 0.05) is 26.7 Å². The van der Waals surface area contributed by atoms with Crippen molar-refractivity contribution in [2.45, 2.75) is 12.2 Å². The Morgan fingerprint density at radius 1 is 1.05 bits per heavy atom. The lowest BCUT2D eigenvalue weighted by atomic mass is 10.0. The topological polar surface area (TPSA) is 137 Å². The minimum absolute atomic E-state index is 0.0186. The van der Waals surface area contributed by atoms with Crippen molar-refractivity contribution in [2.75, 3.05) is 11.9 Å². The molecule has 1 aromatic heterocycles. The summed E-state index contributed by atoms with van der Waals surface area (Å²) in [5, 5.41) is 5.09. The van der Waals surface area contributed by atoms with Gasteiger partial charge < -0.3 is 21.5 Å². The maximum Gasteiger partial charge on any atom is 0.341 e. The number of hydrogen-bond donors (Lipinski definition) is 3. The molecule has 1 unspecified atom stereocenters. The molecule has 12 heteroatoms. The predicted molar refractivity (Wildman–Crippen MR) is 150 cm³/mol. The summed E-state index contributed by atoms with van der Waals surface area (Å²) >= 11 is 14.1. The number of rotatable bonds is 7. The van der Waals surface area contributed by atoms with Gasteiger partial charge in [-0.05, 0) is 48.9 Å². The van der Waals surface area contributed by atoms with Gasteiger partial charge in [-0.2, -0.15) is 0 Å². The maximum atomic E-state index is 13.3. The summed E-state index contributed by atoms with van der Waals surface area (Å²) < 4.78 is 5.24. The summed E-state index contributed by atoms with van der Waals surface area (Å²) in [6, 6.07) is 13.6. The molecule has 1 aliphatic rings. The molecule has 2 amide bonds. The maximum absolute atomic E-state index is 13.3. The quantitative estimate of drug-likeness (QED) is 0.324. The van der Waals surface area contributed by atoms with E-state index in [1.807, 2.05) is 0 Å². The average molecular weight is 575 g/mol. The fraction of sp³-hybridized carbons (Fsp3) is 0.120. The van der Waals surface area contributed by atoms with Gasteiger partial charge in [0.2, 0.25) is 5.91 Å². The normalized spacial score (nSPS) is 16.2. The number of nitrogens with one attached hydrogen (secondary N) is 1. The van der Waals surface area contributed by atoms with Crippen LogP contribution in [0.15, 0.2) is 70.2 Å². The highest BCUT2D eigenvalue weighted by Gasteiger charge is 2.38. The van der Waals surface area contributed by atoms with Gasteiger partial charge in [0.05, 0.1) is 17.9 Å². The van der Waals surface area contributed by atoms with Crippen molar-refractivity contribution in [1.29, 1.82) is 0 Å². The highest BCUT2D eigenvalue weighted by atomic mass is 35.5. The van der Waals surface area contributed by atoms with Gasteiger partial charge in [0.25, 0.3) is 5.91 Å². The van der Waals surface area contributed by atoms with E-state index in [2.05, 4.69) is 10.3 Å². The number of halogens is 2. The van der Waals surface area contributed by atoms with Crippen LogP contribution in [0.4, 0.5) is 10.7 Å². The van der Waals surface area contributed by atoms with Crippen LogP contribution in [0, 0.1) is 0 Å². The van der Waals surface area contributed by atoms with Gasteiger partial charge in [-0.1, -0.05) is 47.1 Å². The summed E-state index contributed by atoms with van der Waals surface area (Å²) in [5.41, 5.74) is 13.7. The van der Waals surface area contributed by atoms with E-state index in [0.29, 0.717) is 21.3 Å². The van der Waals surface area contributed by atoms with Gasteiger partial charge in [-0.3, -0.25) is 9.59 Å². The first kappa shape index (κ1) is 26.7. The number of benzene rings is 2. The molecule has 0 spiro atoms. The van der Waals surface area contributed by atoms with Crippen LogP contribution in [0.1, 0.15) is 17.3 Å². The van der Waals surface area contributed by atoms with Crippen LogP contribution in [0.2, 0.25) is 10.0 Å². The van der Waals surface area contributed by atoms with Crippen LogP contribution in [-0.2, 0) is 14.3 Å². The average Bonchev–Trinajstić information content (AvgIpc) is 3.42. The smallest absolute Gasteiger partial charge is 0.341 e. The first-order valence-corrected chi connectivity index (χ1v) is 13.4. The number of carbonyl (C=O) groups excluding carboxylic acids is 3. The molecule has 3 aromatic rings. The van der Waals surface area contributed by atoms with Crippen molar-refractivity contribution in [2.24, 2.45) is 16.5 Å². The van der Waals surface area contributed by atoms with Gasteiger partial charge in [0.15, 0.2) is 0 Å². The number of nitrogens with two attached hydrogens (primary N) is 2. The Morgan fingerprint density at radius 3 is 2.27 bits per heavy atom. The van der Waals surface area contributed by atoms with Crippen LogP contribution < -0.4 is 16.8 Å². The van der Waals surface area contributed by atoms with Crippen molar-refractivity contribution in [1.82, 2.24) is 0 Å². The fourth-order valence-electron chi connectivity index (χ4n) is 3.52. The second-order valence-electron chi connectivity index (χ2n) is 7.66. The minimum Gasteiger partial charge on any atom is -0.462 e. The minimum atomic E-state index is -0.996. The molecule has 0 saturated heterocycles. The van der Waals surface area contributed by atoms with Crippen LogP contribution in [0.3, 0.4) is 0 Å². The lowest BCUT2D eigenvalue weighted by Gasteiger charge is -2.12. The molecule has 5 N–H and O–H groups in total. The third-order valence-electron chi connectivity index (χ3n) is 5.22. The number of nitrogens with zero attached hydrogens (tertiary/aromatic N) is 1. The number of carbonyl (C=O) groups is 3. The Balaban J connectivity index is 1.66. The molecule has 1 atom stereocenters. The molecule has 1 aliphatic heterocycles. The molecule has 0 saturated carbocycles. The molecule has 0 bridgehead atoms. The van der Waals surface area contributed by atoms with Crippen LogP contribution >= 0.6 is 46.3 Å². The van der Waals surface area contributed by atoms with Crippen LogP contribution in [0.25, 0.3) is 11.1 Å². The Kier molecular flexibility index (Phi) is 8.23. The van der Waals surface area contributed by atoms with E-state index in [1.165, 1.54) is 0 Å². The molecule has 2 aromatic carbocycles. The summed E-state index contributed by atoms with van der Waals surface area (Å²) in [6.45, 7) is 1.85. The molecular formula is C25H20Cl2N4O4S2. The largest absolute Gasteiger partial charge is 0.462 e. The summed E-state index contributed by atoms with van der Waals surface area (Å²) in [4.78, 5) is 42.8. The zero-order valence-corrected chi connectivity index (χ0v) is 22.4. The number of hydrogen-bond acceptors (Lipinski definition) is 8. The summed E-state index contributed by atoms with van der Waals surface area (Å²) in [7, 11) is 0. The number of esters is 1. The van der Waals surface area contributed by atoms with Crippen molar-refractivity contribution in [3.8, 4) is 11.1 Å². The number of amides is 2. The van der Waals surface area contributed by atoms with E-state index in [1.54, 1.807) is 60.8 Å². The van der Waals surface area contributed by atoms with Crippen molar-refractivity contribution in [3.63, 3.8) is 0 Å². The SMILES string of the molecule is CCOC(=O)c1c(-c2ccc(Cl)cc2)csc1NC(=O)C1SC(=Nc2ccc(Cl)cc2)C(C(N)=O)=C1N. The predicted octanol–water partition coefficient (Wildman–Crippen LogP) is 5.38. The molecule has 0 radical (unpaired) electrons. The number of anilines is 1. The summed E-state index contributed by atoms with van der Waals surface area (Å²) in [5.74, 6) is -1.94. The first-order chi connectivity index (χ1) is 17.7. The highest BCUT2D eigenvalue weighted by Crippen LogP contribution is 2.39. The van der Waals surface area contributed by atoms with Crippen molar-refractivity contribution >= 4 is 79.8 Å². The van der Waals surface area contributed by atoms with Gasteiger partial charge in [-0.15, -0.1) is 11.3 Å². The van der Waals surface area contributed by atoms with E-state index in [4.69, 9.17) is 39.4 Å². The monoisotopic (exact) mass is 574 g/mol. The Labute approximate surface area is 230 Å². The molecule has 4 rings (SSSR count). The second-order valence-corrected chi connectivity index (χ2v) is 10.5. The molecule has 0 fully saturated rings. The lowest BCUT2D eigenvalue weighted by molar-refractivity contribution is -0.115. The van der Waals surface area contributed by atoms with Crippen molar-refractivity contribution < 1.29 is 19.1 Å². The van der Waals surface area contributed by atoms with E-state index >= 15 is 0 Å². The van der Waals surface area contributed by atoms with Crippen molar-refractivity contribution in [3.05, 3.63) is 80.8 Å². The Bertz CT molecular complexity index is 1430. The van der Waals surface area contributed by atoms with Crippen LogP contribution in [0.5, 0.6) is 0 Å². The number of thioether (sulfide) groups is 1. The molecule has 8 nitrogen and oxygen atoms in total. The van der Waals surface area contributed by atoms with E-state index in [0.717, 1.165) is 28.7 Å². The number of primary amides is 1. The van der Waals surface area contributed by atoms with Gasteiger partial charge >= 0.3 is 5.97 Å². The molecule has 190 valence electrons. The first-order valence-electron chi connectivity index (χ1n) is 10.9. The van der Waals surface area contributed by atoms with Gasteiger partial charge in [-0.25, -0.2) is 9.79 Å². The van der Waals surface area contributed by atoms with E-state index < -0.39 is 23.0 Å². The number of thiophene rings is 1. The molecule has 0 aliphatic carbocycles. The summed E-state index contributed by atoms with van der Waals surface area (Å²) in [6.07, 6.45) is 0. The zero-order chi connectivity index (χ0) is 26.7. The highest BCUT2D eigenvalue weighted by molar-refractivity contribution is 8.16. The van der Waals surface area contributed by atoms with E-state index in [9.17, 15) is 14.4 Å². The number of aliphatic imine (C=N–C) groups is 1. The molecule has 37 heavy (non-hydrogen) atoms. The second kappa shape index (κ2) is 11.4. The third-order valence-corrected chi connectivity index (χ3v) is 7.84. The van der Waals surface area contributed by atoms with E-state index in [-0.39, 0.29) is 33.5 Å². The fourth-order valence-corrected chi connectivity index (χ4v) is 5.86. The Morgan fingerprint density at radius 2 is 1.68 bits per heavy atom. The molecule has 2 heterocycles. The van der Waals surface area contributed by atoms with Crippen LogP contribution in [-0.4, -0.2) is 34.7 Å². The standard InChI is InChI=1S/C25H20Cl2N4O4S2/c1-2-35-25(34)17-16(12-3-5-13(26)6-4-12)11-36-23(17)31-22(33)20-19(28)18(21(29)32)24(37-20)30-15-9-7-14(27)8-10-15/h3-11,20H,2,28H2,1H3,(H2,29,32)(H,31,33). The lowest BCUT2D eigenvalue weighted by Crippen LogP contribution is -2.30.